The van der Waals surface area contributed by atoms with Crippen molar-refractivity contribution in [3.05, 3.63) is 92.1 Å². The van der Waals surface area contributed by atoms with Gasteiger partial charge in [0.1, 0.15) is 0 Å². The monoisotopic (exact) mass is 454 g/mol. The summed E-state index contributed by atoms with van der Waals surface area (Å²) in [4.78, 5) is 9.16. The van der Waals surface area contributed by atoms with Crippen molar-refractivity contribution in [1.82, 2.24) is 4.90 Å². The minimum atomic E-state index is 0.140. The summed E-state index contributed by atoms with van der Waals surface area (Å²) >= 11 is 14.8. The Morgan fingerprint density at radius 2 is 1.80 bits per heavy atom. The first-order valence-electron chi connectivity index (χ1n) is 10.5. The second-order valence-corrected chi connectivity index (χ2v) is 10.0. The third-order valence-electron chi connectivity index (χ3n) is 6.41. The molecule has 0 aliphatic carbocycles. The summed E-state index contributed by atoms with van der Waals surface area (Å²) in [5, 5.41) is 3.54. The van der Waals surface area contributed by atoms with Crippen LogP contribution in [0.1, 0.15) is 34.8 Å². The number of aliphatic imine (C=N–C) groups is 1. The van der Waals surface area contributed by atoms with Crippen LogP contribution >= 0.6 is 34.5 Å². The van der Waals surface area contributed by atoms with Crippen molar-refractivity contribution in [3.8, 4) is 0 Å². The molecule has 154 valence electrons. The summed E-state index contributed by atoms with van der Waals surface area (Å²) < 4.78 is 0. The SMILES string of the molecule is Clc1ccc(C(c2ccccc2)C2C(=NCc3cccs3)C3CCN2CC3)c(Cl)c1. The molecule has 1 aromatic heterocycles. The molecule has 0 radical (unpaired) electrons. The summed E-state index contributed by atoms with van der Waals surface area (Å²) in [6, 6.07) is 21.2. The molecule has 0 N–H and O–H groups in total. The van der Waals surface area contributed by atoms with Crippen molar-refractivity contribution >= 4 is 40.3 Å². The molecule has 4 heterocycles. The zero-order chi connectivity index (χ0) is 20.5. The molecule has 2 atom stereocenters. The van der Waals surface area contributed by atoms with Crippen molar-refractivity contribution < 1.29 is 0 Å². The predicted octanol–water partition coefficient (Wildman–Crippen LogP) is 6.92. The first-order chi connectivity index (χ1) is 14.7. The highest BCUT2D eigenvalue weighted by Crippen LogP contribution is 2.43. The fraction of sp³-hybridized carbons (Fsp3) is 0.320. The average molecular weight is 455 g/mol. The van der Waals surface area contributed by atoms with Gasteiger partial charge in [-0.3, -0.25) is 9.89 Å². The van der Waals surface area contributed by atoms with E-state index in [4.69, 9.17) is 28.2 Å². The minimum Gasteiger partial charge on any atom is -0.294 e. The number of piperidine rings is 3. The molecular weight excluding hydrogens is 431 g/mol. The average Bonchev–Trinajstić information content (AvgIpc) is 3.29. The molecule has 3 saturated heterocycles. The summed E-state index contributed by atoms with van der Waals surface area (Å²) in [6.07, 6.45) is 2.41. The maximum atomic E-state index is 6.76. The van der Waals surface area contributed by atoms with E-state index in [9.17, 15) is 0 Å². The number of hydrogen-bond acceptors (Lipinski definition) is 3. The maximum absolute atomic E-state index is 6.76. The van der Waals surface area contributed by atoms with Crippen molar-refractivity contribution in [3.63, 3.8) is 0 Å². The Bertz CT molecular complexity index is 1020. The number of fused-ring (bicyclic) bond motifs is 3. The number of hydrogen-bond donors (Lipinski definition) is 0. The molecule has 2 nitrogen and oxygen atoms in total. The quantitative estimate of drug-likeness (QED) is 0.408. The van der Waals surface area contributed by atoms with Gasteiger partial charge in [0.2, 0.25) is 0 Å². The van der Waals surface area contributed by atoms with Gasteiger partial charge in [-0.2, -0.15) is 0 Å². The van der Waals surface area contributed by atoms with Gasteiger partial charge in [0.05, 0.1) is 12.6 Å². The molecule has 3 aliphatic rings. The predicted molar refractivity (Wildman–Crippen MR) is 128 cm³/mol. The van der Waals surface area contributed by atoms with Crippen LogP contribution in [0.2, 0.25) is 10.0 Å². The Hall–Kier alpha value is -1.65. The number of nitrogens with zero attached hydrogens (tertiary/aromatic N) is 2. The Labute approximate surface area is 192 Å². The summed E-state index contributed by atoms with van der Waals surface area (Å²) in [5.41, 5.74) is 3.76. The van der Waals surface area contributed by atoms with Gasteiger partial charge in [-0.1, -0.05) is 65.7 Å². The lowest BCUT2D eigenvalue weighted by atomic mass is 9.72. The van der Waals surface area contributed by atoms with Crippen molar-refractivity contribution in [2.45, 2.75) is 31.3 Å². The van der Waals surface area contributed by atoms with Gasteiger partial charge in [0.25, 0.3) is 0 Å². The third kappa shape index (κ3) is 3.97. The van der Waals surface area contributed by atoms with Crippen LogP contribution in [-0.4, -0.2) is 29.7 Å². The lowest BCUT2D eigenvalue weighted by Gasteiger charge is -2.49. The maximum Gasteiger partial charge on any atom is 0.0732 e. The van der Waals surface area contributed by atoms with Crippen LogP contribution in [0, 0.1) is 5.92 Å². The van der Waals surface area contributed by atoms with E-state index in [-0.39, 0.29) is 12.0 Å². The van der Waals surface area contributed by atoms with E-state index in [1.807, 2.05) is 12.1 Å². The first-order valence-corrected chi connectivity index (χ1v) is 12.1. The Morgan fingerprint density at radius 1 is 1.00 bits per heavy atom. The molecule has 2 bridgehead atoms. The highest BCUT2D eigenvalue weighted by atomic mass is 35.5. The van der Waals surface area contributed by atoms with Crippen molar-refractivity contribution in [2.75, 3.05) is 13.1 Å². The molecule has 0 amide bonds. The molecule has 2 aromatic carbocycles. The van der Waals surface area contributed by atoms with Crippen molar-refractivity contribution in [1.29, 1.82) is 0 Å². The first kappa shape index (κ1) is 20.3. The fourth-order valence-corrected chi connectivity index (χ4v) is 6.18. The van der Waals surface area contributed by atoms with Gasteiger partial charge in [-0.25, -0.2) is 0 Å². The van der Waals surface area contributed by atoms with E-state index >= 15 is 0 Å². The van der Waals surface area contributed by atoms with E-state index < -0.39 is 0 Å². The Kier molecular flexibility index (Phi) is 5.97. The molecule has 2 unspecified atom stereocenters. The molecule has 3 aliphatic heterocycles. The van der Waals surface area contributed by atoms with Gasteiger partial charge < -0.3 is 0 Å². The van der Waals surface area contributed by atoms with Gasteiger partial charge >= 0.3 is 0 Å². The smallest absolute Gasteiger partial charge is 0.0732 e. The van der Waals surface area contributed by atoms with Gasteiger partial charge in [0.15, 0.2) is 0 Å². The number of halogens is 2. The van der Waals surface area contributed by atoms with E-state index in [2.05, 4.69) is 58.8 Å². The van der Waals surface area contributed by atoms with Crippen LogP contribution in [0.25, 0.3) is 0 Å². The van der Waals surface area contributed by atoms with E-state index in [0.717, 1.165) is 30.2 Å². The molecule has 3 fully saturated rings. The number of benzene rings is 2. The van der Waals surface area contributed by atoms with E-state index in [1.165, 1.54) is 29.0 Å². The second kappa shape index (κ2) is 8.84. The number of thiophene rings is 1. The Morgan fingerprint density at radius 3 is 2.50 bits per heavy atom. The zero-order valence-electron chi connectivity index (χ0n) is 16.7. The van der Waals surface area contributed by atoms with Gasteiger partial charge in [0, 0.05) is 32.5 Å². The van der Waals surface area contributed by atoms with E-state index in [1.54, 1.807) is 11.3 Å². The standard InChI is InChI=1S/C25H24Cl2N2S/c26-19-8-9-21(22(27)15-19)23(17-5-2-1-3-6-17)25-24(18-10-12-29(25)13-11-18)28-16-20-7-4-14-30-20/h1-9,14-15,18,23,25H,10-13,16H2. The van der Waals surface area contributed by atoms with E-state index in [0.29, 0.717) is 10.9 Å². The molecule has 6 rings (SSSR count). The van der Waals surface area contributed by atoms with Crippen LogP contribution in [0.15, 0.2) is 71.0 Å². The molecular formula is C25H24Cl2N2S. The fourth-order valence-electron chi connectivity index (χ4n) is 5.02. The van der Waals surface area contributed by atoms with Crippen LogP contribution in [0.4, 0.5) is 0 Å². The normalized spacial score (nSPS) is 25.5. The molecule has 0 saturated carbocycles. The summed E-state index contributed by atoms with van der Waals surface area (Å²) in [7, 11) is 0. The lowest BCUT2D eigenvalue weighted by molar-refractivity contribution is 0.135. The lowest BCUT2D eigenvalue weighted by Crippen LogP contribution is -2.58. The van der Waals surface area contributed by atoms with Crippen LogP contribution in [0.5, 0.6) is 0 Å². The molecule has 0 spiro atoms. The zero-order valence-corrected chi connectivity index (χ0v) is 19.0. The summed E-state index contributed by atoms with van der Waals surface area (Å²) in [6.45, 7) is 3.02. The minimum absolute atomic E-state index is 0.140. The highest BCUT2D eigenvalue weighted by Gasteiger charge is 2.44. The topological polar surface area (TPSA) is 15.6 Å². The molecule has 30 heavy (non-hydrogen) atoms. The van der Waals surface area contributed by atoms with Crippen molar-refractivity contribution in [2.24, 2.45) is 10.9 Å². The van der Waals surface area contributed by atoms with Crippen LogP contribution < -0.4 is 0 Å². The van der Waals surface area contributed by atoms with Gasteiger partial charge in [-0.05, 0) is 60.6 Å². The van der Waals surface area contributed by atoms with Crippen LogP contribution in [-0.2, 0) is 6.54 Å². The molecule has 5 heteroatoms. The third-order valence-corrected chi connectivity index (χ3v) is 7.84. The number of rotatable bonds is 5. The van der Waals surface area contributed by atoms with Crippen LogP contribution in [0.3, 0.4) is 0 Å². The second-order valence-electron chi connectivity index (χ2n) is 8.13. The highest BCUT2D eigenvalue weighted by molar-refractivity contribution is 7.09. The largest absolute Gasteiger partial charge is 0.294 e. The molecule has 3 aromatic rings. The summed E-state index contributed by atoms with van der Waals surface area (Å²) in [5.74, 6) is 0.707. The Balaban J connectivity index is 1.61. The van der Waals surface area contributed by atoms with Gasteiger partial charge in [-0.15, -0.1) is 11.3 Å².